The average molecular weight is 570 g/mol. The average Bonchev–Trinajstić information content (AvgIpc) is 3.53. The van der Waals surface area contributed by atoms with Crippen molar-refractivity contribution in [2.45, 2.75) is 63.0 Å². The van der Waals surface area contributed by atoms with Crippen LogP contribution in [0.4, 0.5) is 26.3 Å². The molecule has 0 aromatic carbocycles. The highest BCUT2D eigenvalue weighted by Gasteiger charge is 2.43. The van der Waals surface area contributed by atoms with Crippen LogP contribution in [0, 0.1) is 0 Å². The van der Waals surface area contributed by atoms with E-state index in [1.807, 2.05) is 35.5 Å². The van der Waals surface area contributed by atoms with Crippen LogP contribution in [0.25, 0.3) is 0 Å². The van der Waals surface area contributed by atoms with E-state index in [0.29, 0.717) is 6.04 Å². The lowest BCUT2D eigenvalue weighted by atomic mass is 10.1. The summed E-state index contributed by atoms with van der Waals surface area (Å²) >= 11 is 0. The maximum Gasteiger partial charge on any atom is 0.490 e. The minimum absolute atomic E-state index is 0.209. The Kier molecular flexibility index (Phi) is 12.1. The number of aliphatic carboxylic acids is 2. The van der Waals surface area contributed by atoms with Crippen molar-refractivity contribution in [3.63, 3.8) is 0 Å². The Balaban J connectivity index is 0.000000317. The number of carboxylic acid groups (broad SMARTS) is 2. The summed E-state index contributed by atoms with van der Waals surface area (Å²) in [7, 11) is 0. The number of hydrogen-bond acceptors (Lipinski definition) is 7. The molecule has 218 valence electrons. The Morgan fingerprint density at radius 2 is 1.64 bits per heavy atom. The number of carbonyl (C=O) groups is 2. The molecule has 3 heterocycles. The molecule has 1 aliphatic carbocycles. The van der Waals surface area contributed by atoms with E-state index in [1.54, 1.807) is 0 Å². The van der Waals surface area contributed by atoms with Gasteiger partial charge in [-0.3, -0.25) is 14.6 Å². The largest absolute Gasteiger partial charge is 0.490 e. The Bertz CT molecular complexity index is 983. The van der Waals surface area contributed by atoms with E-state index in [0.717, 1.165) is 52.1 Å². The summed E-state index contributed by atoms with van der Waals surface area (Å²) in [5.41, 5.74) is 1.32. The zero-order chi connectivity index (χ0) is 29.1. The lowest BCUT2D eigenvalue weighted by Gasteiger charge is -2.39. The Morgan fingerprint density at radius 3 is 2.18 bits per heavy atom. The zero-order valence-corrected chi connectivity index (χ0v) is 20.5. The molecule has 4 rings (SSSR count). The highest BCUT2D eigenvalue weighted by molar-refractivity contribution is 5.73. The van der Waals surface area contributed by atoms with Gasteiger partial charge in [-0.15, -0.1) is 0 Å². The Hall–Kier alpha value is -3.24. The Labute approximate surface area is 219 Å². The van der Waals surface area contributed by atoms with Crippen LogP contribution in [-0.2, 0) is 32.2 Å². The quantitative estimate of drug-likeness (QED) is 0.381. The highest BCUT2D eigenvalue weighted by Crippen LogP contribution is 2.33. The van der Waals surface area contributed by atoms with Gasteiger partial charge in [-0.2, -0.15) is 31.4 Å². The second-order valence-corrected chi connectivity index (χ2v) is 8.44. The first-order valence-corrected chi connectivity index (χ1v) is 11.7. The number of aromatic nitrogens is 3. The van der Waals surface area contributed by atoms with E-state index in [9.17, 15) is 26.3 Å². The lowest BCUT2D eigenvalue weighted by molar-refractivity contribution is -0.193. The summed E-state index contributed by atoms with van der Waals surface area (Å²) in [6.45, 7) is 4.43. The van der Waals surface area contributed by atoms with Gasteiger partial charge in [0.25, 0.3) is 0 Å². The van der Waals surface area contributed by atoms with Crippen LogP contribution in [-0.4, -0.2) is 92.2 Å². The molecule has 2 fully saturated rings. The fourth-order valence-corrected chi connectivity index (χ4v) is 3.98. The van der Waals surface area contributed by atoms with E-state index in [-0.39, 0.29) is 12.2 Å². The van der Waals surface area contributed by atoms with Gasteiger partial charge in [-0.1, -0.05) is 0 Å². The van der Waals surface area contributed by atoms with Crippen molar-refractivity contribution in [3.05, 3.63) is 48.5 Å². The predicted octanol–water partition coefficient (Wildman–Crippen LogP) is 3.38. The molecule has 2 aromatic rings. The maximum atomic E-state index is 10.6. The van der Waals surface area contributed by atoms with E-state index in [4.69, 9.17) is 29.3 Å². The standard InChI is InChI=1S/C19H26N4O2.2C2HF3O2/c1-7-21-23(10-1)11-2-13-24-18-4-3-17-19(18)25-14-12-22(17)15-16-5-8-20-9-6-16;2*3-2(4,5)1(6)7/h1,5-10,17-19H,2-4,11-15H2;2*(H,6,7)/t17-,18+,19+;;/m0../s1. The van der Waals surface area contributed by atoms with Crippen molar-refractivity contribution in [1.82, 2.24) is 19.7 Å². The molecule has 3 atom stereocenters. The van der Waals surface area contributed by atoms with Gasteiger partial charge in [0.2, 0.25) is 0 Å². The number of ether oxygens (including phenoxy) is 2. The molecule has 0 amide bonds. The molecule has 0 unspecified atom stereocenters. The first-order valence-electron chi connectivity index (χ1n) is 11.7. The van der Waals surface area contributed by atoms with Crippen molar-refractivity contribution < 1.29 is 55.6 Å². The molecule has 16 heteroatoms. The van der Waals surface area contributed by atoms with Crippen molar-refractivity contribution in [3.8, 4) is 0 Å². The van der Waals surface area contributed by atoms with E-state index in [2.05, 4.69) is 27.1 Å². The maximum absolute atomic E-state index is 10.6. The molecule has 2 aliphatic rings. The molecule has 0 bridgehead atoms. The molecule has 1 saturated carbocycles. The minimum Gasteiger partial charge on any atom is -0.475 e. The number of alkyl halides is 6. The number of morpholine rings is 1. The SMILES string of the molecule is O=C(O)C(F)(F)F.O=C(O)C(F)(F)F.c1cnn(CCCO[C@@H]2CC[C@H]3[C@H]2OCCN3Cc2ccncc2)c1. The fourth-order valence-electron chi connectivity index (χ4n) is 3.98. The molecule has 1 aliphatic heterocycles. The first-order chi connectivity index (χ1) is 18.3. The smallest absolute Gasteiger partial charge is 0.475 e. The number of aryl methyl sites for hydroxylation is 1. The molecular weight excluding hydrogens is 542 g/mol. The monoisotopic (exact) mass is 570 g/mol. The first kappa shape index (κ1) is 32.0. The van der Waals surface area contributed by atoms with Crippen LogP contribution in [0.2, 0.25) is 0 Å². The van der Waals surface area contributed by atoms with Crippen LogP contribution in [0.5, 0.6) is 0 Å². The molecule has 2 aromatic heterocycles. The number of pyridine rings is 1. The molecule has 39 heavy (non-hydrogen) atoms. The number of halogens is 6. The van der Waals surface area contributed by atoms with Crippen molar-refractivity contribution in [2.75, 3.05) is 19.8 Å². The van der Waals surface area contributed by atoms with E-state index >= 15 is 0 Å². The number of fused-ring (bicyclic) bond motifs is 1. The summed E-state index contributed by atoms with van der Waals surface area (Å²) in [6.07, 6.45) is 1.03. The second kappa shape index (κ2) is 14.8. The van der Waals surface area contributed by atoms with Crippen LogP contribution < -0.4 is 0 Å². The summed E-state index contributed by atoms with van der Waals surface area (Å²) in [4.78, 5) is 24.5. The van der Waals surface area contributed by atoms with Gasteiger partial charge < -0.3 is 19.7 Å². The van der Waals surface area contributed by atoms with Gasteiger partial charge in [0.1, 0.15) is 0 Å². The number of hydrogen-bond donors (Lipinski definition) is 2. The van der Waals surface area contributed by atoms with Crippen LogP contribution >= 0.6 is 0 Å². The summed E-state index contributed by atoms with van der Waals surface area (Å²) in [5.74, 6) is -5.51. The fraction of sp³-hybridized carbons (Fsp3) is 0.565. The van der Waals surface area contributed by atoms with Gasteiger partial charge in [0.05, 0.1) is 18.8 Å². The molecular formula is C23H28F6N4O6. The lowest BCUT2D eigenvalue weighted by Crippen LogP contribution is -2.51. The predicted molar refractivity (Wildman–Crippen MR) is 121 cm³/mol. The van der Waals surface area contributed by atoms with Gasteiger partial charge in [-0.05, 0) is 43.0 Å². The third-order valence-corrected chi connectivity index (χ3v) is 5.69. The zero-order valence-electron chi connectivity index (χ0n) is 20.5. The molecule has 0 spiro atoms. The molecule has 0 radical (unpaired) electrons. The second-order valence-electron chi connectivity index (χ2n) is 8.44. The third kappa shape index (κ3) is 11.2. The van der Waals surface area contributed by atoms with Gasteiger partial charge >= 0.3 is 24.3 Å². The topological polar surface area (TPSA) is 127 Å². The summed E-state index contributed by atoms with van der Waals surface area (Å²) in [6, 6.07) is 6.62. The molecule has 1 saturated heterocycles. The van der Waals surface area contributed by atoms with Crippen molar-refractivity contribution in [2.24, 2.45) is 0 Å². The van der Waals surface area contributed by atoms with Crippen LogP contribution in [0.15, 0.2) is 43.0 Å². The third-order valence-electron chi connectivity index (χ3n) is 5.69. The van der Waals surface area contributed by atoms with Gasteiger partial charge in [0.15, 0.2) is 0 Å². The van der Waals surface area contributed by atoms with Crippen LogP contribution in [0.3, 0.4) is 0 Å². The number of rotatable bonds is 7. The van der Waals surface area contributed by atoms with E-state index in [1.165, 1.54) is 5.56 Å². The minimum atomic E-state index is -5.08. The Morgan fingerprint density at radius 1 is 1.03 bits per heavy atom. The summed E-state index contributed by atoms with van der Waals surface area (Å²) in [5, 5.41) is 18.5. The van der Waals surface area contributed by atoms with Gasteiger partial charge in [0, 0.05) is 57.1 Å². The number of nitrogens with zero attached hydrogens (tertiary/aromatic N) is 4. The number of carboxylic acids is 2. The van der Waals surface area contributed by atoms with Crippen molar-refractivity contribution in [1.29, 1.82) is 0 Å². The molecule has 2 N–H and O–H groups in total. The summed E-state index contributed by atoms with van der Waals surface area (Å²) < 4.78 is 77.7. The van der Waals surface area contributed by atoms with Gasteiger partial charge in [-0.25, -0.2) is 9.59 Å². The van der Waals surface area contributed by atoms with Crippen LogP contribution in [0.1, 0.15) is 24.8 Å². The van der Waals surface area contributed by atoms with E-state index < -0.39 is 24.3 Å². The highest BCUT2D eigenvalue weighted by atomic mass is 19.4. The molecule has 10 nitrogen and oxygen atoms in total. The van der Waals surface area contributed by atoms with Crippen molar-refractivity contribution >= 4 is 11.9 Å². The normalized spacial score (nSPS) is 21.1.